The van der Waals surface area contributed by atoms with Gasteiger partial charge in [0.05, 0.1) is 0 Å². The Morgan fingerprint density at radius 1 is 1.28 bits per heavy atom. The van der Waals surface area contributed by atoms with Crippen molar-refractivity contribution in [1.82, 2.24) is 15.5 Å². The summed E-state index contributed by atoms with van der Waals surface area (Å²) < 4.78 is 22.4. The Kier molecular flexibility index (Phi) is 5.24. The van der Waals surface area contributed by atoms with Crippen LogP contribution in [0.2, 0.25) is 0 Å². The summed E-state index contributed by atoms with van der Waals surface area (Å²) in [4.78, 5) is 0. The molecule has 1 aromatic heterocycles. The van der Waals surface area contributed by atoms with Crippen LogP contribution in [0.1, 0.15) is 37.2 Å². The normalized spacial score (nSPS) is 12.9. The second-order valence-corrected chi connectivity index (χ2v) is 8.41. The van der Waals surface area contributed by atoms with E-state index in [9.17, 15) is 8.42 Å². The molecule has 0 aromatic carbocycles. The van der Waals surface area contributed by atoms with Gasteiger partial charge < -0.3 is 5.32 Å². The molecule has 0 aliphatic heterocycles. The average Bonchev–Trinajstić information content (AvgIpc) is 2.72. The second-order valence-electron chi connectivity index (χ2n) is 4.78. The number of hydrogen-bond acceptors (Lipinski definition) is 6. The van der Waals surface area contributed by atoms with E-state index in [1.165, 1.54) is 17.6 Å². The SMILES string of the molecule is CCCNCCc1nnc(C(C)(C)S(C)(=O)=O)s1. The lowest BCUT2D eigenvalue weighted by molar-refractivity contribution is 0.558. The van der Waals surface area contributed by atoms with E-state index in [1.54, 1.807) is 13.8 Å². The van der Waals surface area contributed by atoms with E-state index in [4.69, 9.17) is 0 Å². The fourth-order valence-corrected chi connectivity index (χ4v) is 3.03. The smallest absolute Gasteiger partial charge is 0.159 e. The molecular formula is C11H21N3O2S2. The van der Waals surface area contributed by atoms with Gasteiger partial charge in [-0.25, -0.2) is 8.42 Å². The monoisotopic (exact) mass is 291 g/mol. The highest BCUT2D eigenvalue weighted by Gasteiger charge is 2.35. The first-order chi connectivity index (χ1) is 8.29. The van der Waals surface area contributed by atoms with Crippen molar-refractivity contribution in [3.8, 4) is 0 Å². The predicted molar refractivity (Wildman–Crippen MR) is 74.6 cm³/mol. The van der Waals surface area contributed by atoms with Crippen LogP contribution < -0.4 is 5.32 Å². The number of sulfone groups is 1. The summed E-state index contributed by atoms with van der Waals surface area (Å²) in [6.45, 7) is 7.29. The molecule has 0 amide bonds. The summed E-state index contributed by atoms with van der Waals surface area (Å²) in [5.41, 5.74) is 0. The molecule has 0 bridgehead atoms. The maximum atomic E-state index is 11.7. The van der Waals surface area contributed by atoms with Gasteiger partial charge >= 0.3 is 0 Å². The summed E-state index contributed by atoms with van der Waals surface area (Å²) in [7, 11) is -3.18. The fourth-order valence-electron chi connectivity index (χ4n) is 1.25. The van der Waals surface area contributed by atoms with Crippen molar-refractivity contribution in [3.63, 3.8) is 0 Å². The summed E-state index contributed by atoms with van der Waals surface area (Å²) >= 11 is 1.38. The standard InChI is InChI=1S/C11H21N3O2S2/c1-5-7-12-8-6-9-13-14-10(17-9)11(2,3)18(4,15)16/h12H,5-8H2,1-4H3. The van der Waals surface area contributed by atoms with E-state index in [2.05, 4.69) is 22.4 Å². The molecule has 18 heavy (non-hydrogen) atoms. The lowest BCUT2D eigenvalue weighted by Gasteiger charge is -2.18. The van der Waals surface area contributed by atoms with Crippen molar-refractivity contribution in [2.75, 3.05) is 19.3 Å². The van der Waals surface area contributed by atoms with Gasteiger partial charge in [-0.1, -0.05) is 18.3 Å². The molecule has 104 valence electrons. The lowest BCUT2D eigenvalue weighted by Crippen LogP contribution is -2.27. The molecule has 7 heteroatoms. The van der Waals surface area contributed by atoms with Crippen LogP contribution in [0.4, 0.5) is 0 Å². The third kappa shape index (κ3) is 3.73. The lowest BCUT2D eigenvalue weighted by atomic mass is 10.2. The molecular weight excluding hydrogens is 270 g/mol. The third-order valence-electron chi connectivity index (χ3n) is 2.85. The maximum absolute atomic E-state index is 11.7. The Bertz CT molecular complexity index is 480. The molecule has 0 radical (unpaired) electrons. The highest BCUT2D eigenvalue weighted by Crippen LogP contribution is 2.31. The quantitative estimate of drug-likeness (QED) is 0.768. The largest absolute Gasteiger partial charge is 0.316 e. The molecule has 0 saturated heterocycles. The van der Waals surface area contributed by atoms with Crippen LogP contribution in [0, 0.1) is 0 Å². The van der Waals surface area contributed by atoms with E-state index in [1.807, 2.05) is 0 Å². The molecule has 1 N–H and O–H groups in total. The Morgan fingerprint density at radius 3 is 2.50 bits per heavy atom. The van der Waals surface area contributed by atoms with Crippen LogP contribution in [0.3, 0.4) is 0 Å². The summed E-state index contributed by atoms with van der Waals surface area (Å²) in [5.74, 6) is 0. The minimum atomic E-state index is -3.18. The topological polar surface area (TPSA) is 72.0 Å². The van der Waals surface area contributed by atoms with Gasteiger partial charge in [-0.15, -0.1) is 10.2 Å². The van der Waals surface area contributed by atoms with Gasteiger partial charge in [0.2, 0.25) is 0 Å². The molecule has 0 atom stereocenters. The van der Waals surface area contributed by atoms with Gasteiger partial charge in [0.15, 0.2) is 9.84 Å². The summed E-state index contributed by atoms with van der Waals surface area (Å²) in [6.07, 6.45) is 3.12. The molecule has 0 aliphatic rings. The third-order valence-corrected chi connectivity index (χ3v) is 6.33. The second kappa shape index (κ2) is 6.08. The van der Waals surface area contributed by atoms with E-state index < -0.39 is 14.6 Å². The van der Waals surface area contributed by atoms with Crippen molar-refractivity contribution in [2.24, 2.45) is 0 Å². The Balaban J connectivity index is 2.69. The van der Waals surface area contributed by atoms with Crippen molar-refractivity contribution in [2.45, 2.75) is 38.4 Å². The number of hydrogen-bond donors (Lipinski definition) is 1. The molecule has 0 unspecified atom stereocenters. The van der Waals surface area contributed by atoms with Crippen LogP contribution in [-0.4, -0.2) is 38.0 Å². The highest BCUT2D eigenvalue weighted by molar-refractivity contribution is 7.91. The van der Waals surface area contributed by atoms with Gasteiger partial charge in [0, 0.05) is 19.2 Å². The number of nitrogens with one attached hydrogen (secondary N) is 1. The fraction of sp³-hybridized carbons (Fsp3) is 0.818. The molecule has 5 nitrogen and oxygen atoms in total. The van der Waals surface area contributed by atoms with Gasteiger partial charge in [-0.05, 0) is 26.8 Å². The van der Waals surface area contributed by atoms with Crippen LogP contribution in [0.25, 0.3) is 0 Å². The van der Waals surface area contributed by atoms with Gasteiger partial charge in [-0.2, -0.15) is 0 Å². The van der Waals surface area contributed by atoms with Gasteiger partial charge in [0.1, 0.15) is 14.8 Å². The van der Waals surface area contributed by atoms with Gasteiger partial charge in [-0.3, -0.25) is 0 Å². The van der Waals surface area contributed by atoms with E-state index in [-0.39, 0.29) is 0 Å². The number of rotatable bonds is 7. The minimum Gasteiger partial charge on any atom is -0.316 e. The Labute approximate surface area is 113 Å². The zero-order valence-corrected chi connectivity index (χ0v) is 13.0. The first kappa shape index (κ1) is 15.5. The van der Waals surface area contributed by atoms with E-state index in [0.717, 1.165) is 30.9 Å². The van der Waals surface area contributed by atoms with Crippen molar-refractivity contribution >= 4 is 21.2 Å². The number of aromatic nitrogens is 2. The molecule has 0 saturated carbocycles. The van der Waals surface area contributed by atoms with Crippen LogP contribution in [0.5, 0.6) is 0 Å². The molecule has 0 spiro atoms. The average molecular weight is 291 g/mol. The zero-order chi connectivity index (χ0) is 13.8. The van der Waals surface area contributed by atoms with E-state index in [0.29, 0.717) is 5.01 Å². The van der Waals surface area contributed by atoms with Crippen LogP contribution in [-0.2, 0) is 21.0 Å². The first-order valence-electron chi connectivity index (χ1n) is 6.02. The van der Waals surface area contributed by atoms with Gasteiger partial charge in [0.25, 0.3) is 0 Å². The zero-order valence-electron chi connectivity index (χ0n) is 11.4. The predicted octanol–water partition coefficient (Wildman–Crippen LogP) is 1.36. The van der Waals surface area contributed by atoms with Crippen molar-refractivity contribution in [3.05, 3.63) is 10.0 Å². The first-order valence-corrected chi connectivity index (χ1v) is 8.73. The summed E-state index contributed by atoms with van der Waals surface area (Å²) in [5, 5.41) is 12.8. The summed E-state index contributed by atoms with van der Waals surface area (Å²) in [6, 6.07) is 0. The Morgan fingerprint density at radius 2 is 1.94 bits per heavy atom. The molecule has 1 rings (SSSR count). The van der Waals surface area contributed by atoms with Crippen molar-refractivity contribution < 1.29 is 8.42 Å². The molecule has 1 aromatic rings. The Hall–Kier alpha value is -0.530. The highest BCUT2D eigenvalue weighted by atomic mass is 32.2. The van der Waals surface area contributed by atoms with E-state index >= 15 is 0 Å². The van der Waals surface area contributed by atoms with Crippen LogP contribution in [0.15, 0.2) is 0 Å². The molecule has 1 heterocycles. The molecule has 0 fully saturated rings. The minimum absolute atomic E-state index is 0.565. The number of nitrogens with zero attached hydrogens (tertiary/aromatic N) is 2. The molecule has 0 aliphatic carbocycles. The maximum Gasteiger partial charge on any atom is 0.159 e. The van der Waals surface area contributed by atoms with Crippen molar-refractivity contribution in [1.29, 1.82) is 0 Å². The van der Waals surface area contributed by atoms with Crippen LogP contribution >= 0.6 is 11.3 Å².